The zero-order valence-electron chi connectivity index (χ0n) is 27.5. The number of carbonyl (C=O) groups is 1. The molecule has 2 aromatic carbocycles. The summed E-state index contributed by atoms with van der Waals surface area (Å²) in [5.74, 6) is 0.167. The molecule has 0 radical (unpaired) electrons. The van der Waals surface area contributed by atoms with Crippen molar-refractivity contribution in [3.05, 3.63) is 89.0 Å². The Hall–Kier alpha value is -2.49. The Balaban J connectivity index is 0.00000171. The molecular weight excluding hydrogens is 505 g/mol. The number of rotatable bonds is 8. The molecular formula is C37H56NOP. The van der Waals surface area contributed by atoms with Gasteiger partial charge in [0.2, 0.25) is 0 Å². The first kappa shape index (κ1) is 37.5. The summed E-state index contributed by atoms with van der Waals surface area (Å²) >= 11 is 0. The van der Waals surface area contributed by atoms with E-state index in [1.165, 1.54) is 34.8 Å². The van der Waals surface area contributed by atoms with Crippen LogP contribution in [0.25, 0.3) is 0 Å². The maximum atomic E-state index is 12.5. The van der Waals surface area contributed by atoms with Crippen molar-refractivity contribution >= 4 is 19.7 Å². The van der Waals surface area contributed by atoms with E-state index in [1.807, 2.05) is 39.8 Å². The highest BCUT2D eigenvalue weighted by atomic mass is 31.1. The first-order valence-electron chi connectivity index (χ1n) is 15.2. The molecule has 1 heterocycles. The Morgan fingerprint density at radius 1 is 1.05 bits per heavy atom. The van der Waals surface area contributed by atoms with Crippen LogP contribution in [0.4, 0.5) is 0 Å². The van der Waals surface area contributed by atoms with Gasteiger partial charge in [0, 0.05) is 17.0 Å². The van der Waals surface area contributed by atoms with Crippen LogP contribution in [0.15, 0.2) is 66.8 Å². The summed E-state index contributed by atoms with van der Waals surface area (Å²) in [6.07, 6.45) is 12.0. The molecule has 0 N–H and O–H groups in total. The Morgan fingerprint density at radius 3 is 2.17 bits per heavy atom. The number of allylic oxidation sites excluding steroid dienone is 4. The van der Waals surface area contributed by atoms with Gasteiger partial charge < -0.3 is 0 Å². The molecule has 0 aliphatic carbocycles. The lowest BCUT2D eigenvalue weighted by Crippen LogP contribution is -2.34. The Labute approximate surface area is 249 Å². The smallest absolute Gasteiger partial charge is 0.134 e. The SMILES string of the molecule is CC.CC.CC(=O)C(C/C=C/C=C/C1Pc2ccc(C#N)cc2C1(C)C)C(C)(C)c1ccccc1C.CCCC. The van der Waals surface area contributed by atoms with Gasteiger partial charge in [-0.05, 0) is 59.8 Å². The third-order valence-corrected chi connectivity index (χ3v) is 9.53. The van der Waals surface area contributed by atoms with Gasteiger partial charge in [-0.2, -0.15) is 5.26 Å². The molecule has 2 nitrogen and oxygen atoms in total. The first-order chi connectivity index (χ1) is 19.0. The molecule has 3 rings (SSSR count). The molecule has 1 aliphatic heterocycles. The standard InChI is InChI=1S/C29H34NOP.C4H10.2C2H6/c1-20-12-10-11-13-23(20)28(3,4)24(21(2)31)14-8-7-9-15-27-29(5,6)25-18-22(19-30)16-17-26(25)32-27;1-3-4-2;2*1-2/h7-13,15-18,24,27,32H,14H2,1-6H3;3-4H2,1-2H3;2*1-2H3/b8-7+,15-9+;;;. The quantitative estimate of drug-likeness (QED) is 0.238. The summed E-state index contributed by atoms with van der Waals surface area (Å²) in [6, 6.07) is 16.7. The van der Waals surface area contributed by atoms with Crippen molar-refractivity contribution in [3.63, 3.8) is 0 Å². The minimum absolute atomic E-state index is 0.0136. The fourth-order valence-electron chi connectivity index (χ4n) is 5.00. The summed E-state index contributed by atoms with van der Waals surface area (Å²) in [6.45, 7) is 25.1. The topological polar surface area (TPSA) is 40.9 Å². The second-order valence-electron chi connectivity index (χ2n) is 11.0. The number of carbonyl (C=O) groups excluding carboxylic acids is 1. The fourth-order valence-corrected chi connectivity index (χ4v) is 6.79. The Bertz CT molecular complexity index is 1130. The lowest BCUT2D eigenvalue weighted by molar-refractivity contribution is -0.122. The third-order valence-electron chi connectivity index (χ3n) is 7.56. The van der Waals surface area contributed by atoms with Gasteiger partial charge in [-0.25, -0.2) is 0 Å². The van der Waals surface area contributed by atoms with E-state index in [0.29, 0.717) is 14.2 Å². The molecule has 0 amide bonds. The number of hydrogen-bond donors (Lipinski definition) is 0. The number of ketones is 1. The van der Waals surface area contributed by atoms with E-state index in [9.17, 15) is 10.1 Å². The van der Waals surface area contributed by atoms with Crippen molar-refractivity contribution in [2.45, 2.75) is 119 Å². The average Bonchev–Trinajstić information content (AvgIpc) is 3.21. The van der Waals surface area contributed by atoms with Crippen LogP contribution >= 0.6 is 8.58 Å². The summed E-state index contributed by atoms with van der Waals surface area (Å²) in [5.41, 5.74) is 4.72. The molecule has 0 fully saturated rings. The van der Waals surface area contributed by atoms with Gasteiger partial charge in [-0.1, -0.05) is 145 Å². The van der Waals surface area contributed by atoms with Gasteiger partial charge in [0.05, 0.1) is 11.6 Å². The average molecular weight is 562 g/mol. The van der Waals surface area contributed by atoms with Crippen LogP contribution in [-0.4, -0.2) is 11.4 Å². The molecule has 2 aromatic rings. The van der Waals surface area contributed by atoms with Crippen molar-refractivity contribution in [2.75, 3.05) is 0 Å². The first-order valence-corrected chi connectivity index (χ1v) is 16.3. The summed E-state index contributed by atoms with van der Waals surface area (Å²) in [4.78, 5) is 12.5. The summed E-state index contributed by atoms with van der Waals surface area (Å²) in [7, 11) is 0.710. The molecule has 3 atom stereocenters. The van der Waals surface area contributed by atoms with E-state index in [0.717, 1.165) is 12.0 Å². The van der Waals surface area contributed by atoms with E-state index in [4.69, 9.17) is 0 Å². The number of Topliss-reactive ketones (excluding diaryl/α,β-unsaturated/α-hetero) is 1. The van der Waals surface area contributed by atoms with Crippen LogP contribution in [0.2, 0.25) is 0 Å². The molecule has 0 aromatic heterocycles. The maximum Gasteiger partial charge on any atom is 0.134 e. The predicted molar refractivity (Wildman–Crippen MR) is 180 cm³/mol. The third kappa shape index (κ3) is 10.2. The number of unbranched alkanes of at least 4 members (excludes halogenated alkanes) is 1. The highest BCUT2D eigenvalue weighted by Crippen LogP contribution is 2.46. The van der Waals surface area contributed by atoms with Crippen LogP contribution < -0.4 is 5.30 Å². The normalized spacial score (nSPS) is 16.5. The van der Waals surface area contributed by atoms with Crippen molar-refractivity contribution < 1.29 is 4.79 Å². The molecule has 1 aliphatic rings. The van der Waals surface area contributed by atoms with Gasteiger partial charge in [0.1, 0.15) is 5.78 Å². The predicted octanol–water partition coefficient (Wildman–Crippen LogP) is 10.4. The molecule has 40 heavy (non-hydrogen) atoms. The maximum absolute atomic E-state index is 12.5. The molecule has 3 unspecified atom stereocenters. The van der Waals surface area contributed by atoms with Crippen molar-refractivity contribution in [2.24, 2.45) is 5.92 Å². The van der Waals surface area contributed by atoms with E-state index in [1.54, 1.807) is 6.92 Å². The van der Waals surface area contributed by atoms with Crippen LogP contribution in [0.1, 0.15) is 118 Å². The van der Waals surface area contributed by atoms with Gasteiger partial charge in [0.15, 0.2) is 0 Å². The van der Waals surface area contributed by atoms with Crippen LogP contribution in [0.3, 0.4) is 0 Å². The van der Waals surface area contributed by atoms with Crippen LogP contribution in [0, 0.1) is 24.2 Å². The minimum atomic E-state index is -0.222. The zero-order valence-corrected chi connectivity index (χ0v) is 28.5. The van der Waals surface area contributed by atoms with Gasteiger partial charge in [-0.15, -0.1) is 0 Å². The van der Waals surface area contributed by atoms with Crippen molar-refractivity contribution in [1.82, 2.24) is 0 Å². The van der Waals surface area contributed by atoms with E-state index in [-0.39, 0.29) is 22.5 Å². The highest BCUT2D eigenvalue weighted by molar-refractivity contribution is 7.49. The van der Waals surface area contributed by atoms with Gasteiger partial charge in [-0.3, -0.25) is 4.79 Å². The Kier molecular flexibility index (Phi) is 17.6. The largest absolute Gasteiger partial charge is 0.300 e. The monoisotopic (exact) mass is 561 g/mol. The number of fused-ring (bicyclic) bond motifs is 1. The Morgan fingerprint density at radius 2 is 1.65 bits per heavy atom. The molecule has 3 heteroatoms. The van der Waals surface area contributed by atoms with Crippen molar-refractivity contribution in [1.29, 1.82) is 5.26 Å². The second kappa shape index (κ2) is 18.8. The molecule has 0 saturated carbocycles. The number of nitriles is 1. The lowest BCUT2D eigenvalue weighted by Gasteiger charge is -2.34. The van der Waals surface area contributed by atoms with Crippen LogP contribution in [-0.2, 0) is 15.6 Å². The van der Waals surface area contributed by atoms with E-state index in [2.05, 4.69) is 109 Å². The number of nitrogens with zero attached hydrogens (tertiary/aromatic N) is 1. The summed E-state index contributed by atoms with van der Waals surface area (Å²) in [5, 5.41) is 10.6. The number of aryl methyl sites for hydroxylation is 1. The lowest BCUT2D eigenvalue weighted by atomic mass is 9.69. The van der Waals surface area contributed by atoms with E-state index < -0.39 is 0 Å². The zero-order chi connectivity index (χ0) is 30.9. The van der Waals surface area contributed by atoms with E-state index >= 15 is 0 Å². The van der Waals surface area contributed by atoms with Gasteiger partial charge in [0.25, 0.3) is 0 Å². The number of benzene rings is 2. The molecule has 220 valence electrons. The summed E-state index contributed by atoms with van der Waals surface area (Å²) < 4.78 is 0. The second-order valence-corrected chi connectivity index (χ2v) is 12.4. The highest BCUT2D eigenvalue weighted by Gasteiger charge is 2.38. The van der Waals surface area contributed by atoms with Crippen molar-refractivity contribution in [3.8, 4) is 6.07 Å². The number of hydrogen-bond acceptors (Lipinski definition) is 2. The molecule has 0 bridgehead atoms. The molecule has 0 saturated heterocycles. The fraction of sp³-hybridized carbons (Fsp3) is 0.514. The molecule has 0 spiro atoms. The minimum Gasteiger partial charge on any atom is -0.300 e. The van der Waals surface area contributed by atoms with Crippen LogP contribution in [0.5, 0.6) is 0 Å². The van der Waals surface area contributed by atoms with Gasteiger partial charge >= 0.3 is 0 Å².